The first-order chi connectivity index (χ1) is 15.2. The molecule has 0 spiro atoms. The lowest BCUT2D eigenvalue weighted by Crippen LogP contribution is -1.91. The topological polar surface area (TPSA) is 65.0 Å². The predicted molar refractivity (Wildman–Crippen MR) is 120 cm³/mol. The lowest BCUT2D eigenvalue weighted by atomic mass is 10.1. The molecule has 152 valence electrons. The van der Waals surface area contributed by atoms with Crippen LogP contribution in [0.25, 0.3) is 22.9 Å². The maximum atomic E-state index is 6.18. The van der Waals surface area contributed by atoms with Crippen LogP contribution in [-0.2, 0) is 6.42 Å². The SMILES string of the molecule is Clc1ccc(Sc2oc(-c3ccccc3)nc2Cc2ccc(-c3ncno3)cc2)cc1. The van der Waals surface area contributed by atoms with Crippen molar-refractivity contribution >= 4 is 23.4 Å². The van der Waals surface area contributed by atoms with Gasteiger partial charge in [0.25, 0.3) is 5.89 Å². The molecule has 0 saturated carbocycles. The molecule has 0 atom stereocenters. The van der Waals surface area contributed by atoms with E-state index in [1.54, 1.807) is 0 Å². The second kappa shape index (κ2) is 8.79. The zero-order chi connectivity index (χ0) is 21.0. The molecular formula is C24H16ClN3O2S. The van der Waals surface area contributed by atoms with Crippen molar-refractivity contribution in [1.29, 1.82) is 0 Å². The molecule has 2 aromatic heterocycles. The van der Waals surface area contributed by atoms with Gasteiger partial charge in [0.05, 0.1) is 5.69 Å². The van der Waals surface area contributed by atoms with Crippen molar-refractivity contribution in [2.75, 3.05) is 0 Å². The molecule has 0 amide bonds. The van der Waals surface area contributed by atoms with Gasteiger partial charge in [-0.2, -0.15) is 4.98 Å². The maximum Gasteiger partial charge on any atom is 0.257 e. The summed E-state index contributed by atoms with van der Waals surface area (Å²) in [6.45, 7) is 0. The number of hydrogen-bond acceptors (Lipinski definition) is 6. The standard InChI is InChI=1S/C24H16ClN3O2S/c25-19-10-12-20(13-11-19)31-24-21(28-23(29-24)17-4-2-1-3-5-17)14-16-6-8-18(9-7-16)22-26-15-27-30-22/h1-13,15H,14H2. The fourth-order valence-corrected chi connectivity index (χ4v) is 4.07. The molecule has 0 aliphatic carbocycles. The minimum Gasteiger partial charge on any atom is -0.429 e. The molecule has 0 saturated heterocycles. The van der Waals surface area contributed by atoms with Gasteiger partial charge in [-0.05, 0) is 54.1 Å². The van der Waals surface area contributed by atoms with Gasteiger partial charge in [0.15, 0.2) is 11.4 Å². The molecule has 5 rings (SSSR count). The monoisotopic (exact) mass is 445 g/mol. The third-order valence-corrected chi connectivity index (χ3v) is 5.90. The highest BCUT2D eigenvalue weighted by Crippen LogP contribution is 2.35. The Morgan fingerprint density at radius 3 is 2.26 bits per heavy atom. The molecule has 0 radical (unpaired) electrons. The summed E-state index contributed by atoms with van der Waals surface area (Å²) in [4.78, 5) is 9.93. The molecule has 0 unspecified atom stereocenters. The van der Waals surface area contributed by atoms with E-state index in [9.17, 15) is 0 Å². The average molecular weight is 446 g/mol. The predicted octanol–water partition coefficient (Wildman–Crippen LogP) is 6.79. The van der Waals surface area contributed by atoms with Gasteiger partial charge in [-0.15, -0.1) is 0 Å². The Hall–Kier alpha value is -3.35. The summed E-state index contributed by atoms with van der Waals surface area (Å²) in [5.74, 6) is 1.10. The Kier molecular flexibility index (Phi) is 5.56. The zero-order valence-electron chi connectivity index (χ0n) is 16.2. The summed E-state index contributed by atoms with van der Waals surface area (Å²) < 4.78 is 11.3. The average Bonchev–Trinajstić information content (AvgIpc) is 3.48. The van der Waals surface area contributed by atoms with Crippen molar-refractivity contribution in [1.82, 2.24) is 15.1 Å². The van der Waals surface area contributed by atoms with Crippen LogP contribution in [0.15, 0.2) is 104 Å². The van der Waals surface area contributed by atoms with Crippen molar-refractivity contribution in [2.45, 2.75) is 16.4 Å². The van der Waals surface area contributed by atoms with E-state index in [2.05, 4.69) is 10.1 Å². The minimum absolute atomic E-state index is 0.498. The second-order valence-electron chi connectivity index (χ2n) is 6.80. The lowest BCUT2D eigenvalue weighted by molar-refractivity contribution is 0.430. The quantitative estimate of drug-likeness (QED) is 0.287. The Labute approximate surface area is 188 Å². The highest BCUT2D eigenvalue weighted by atomic mass is 35.5. The van der Waals surface area contributed by atoms with Crippen LogP contribution >= 0.6 is 23.4 Å². The summed E-state index contributed by atoms with van der Waals surface area (Å²) in [5, 5.41) is 5.13. The number of rotatable bonds is 6. The van der Waals surface area contributed by atoms with Gasteiger partial charge in [-0.3, -0.25) is 0 Å². The first kappa shape index (κ1) is 19.6. The molecular weight excluding hydrogens is 430 g/mol. The van der Waals surface area contributed by atoms with E-state index in [1.807, 2.05) is 78.9 Å². The van der Waals surface area contributed by atoms with Gasteiger partial charge >= 0.3 is 0 Å². The highest BCUT2D eigenvalue weighted by Gasteiger charge is 2.17. The molecule has 0 N–H and O–H groups in total. The van der Waals surface area contributed by atoms with Gasteiger partial charge in [-0.25, -0.2) is 4.98 Å². The number of hydrogen-bond donors (Lipinski definition) is 0. The van der Waals surface area contributed by atoms with Crippen molar-refractivity contribution in [2.24, 2.45) is 0 Å². The number of nitrogens with zero attached hydrogens (tertiary/aromatic N) is 3. The smallest absolute Gasteiger partial charge is 0.257 e. The van der Waals surface area contributed by atoms with Crippen LogP contribution in [-0.4, -0.2) is 15.1 Å². The Bertz CT molecular complexity index is 1270. The van der Waals surface area contributed by atoms with E-state index in [-0.39, 0.29) is 0 Å². The van der Waals surface area contributed by atoms with Gasteiger partial charge in [-0.1, -0.05) is 58.9 Å². The zero-order valence-corrected chi connectivity index (χ0v) is 17.8. The summed E-state index contributed by atoms with van der Waals surface area (Å²) in [7, 11) is 0. The fraction of sp³-hybridized carbons (Fsp3) is 0.0417. The van der Waals surface area contributed by atoms with Gasteiger partial charge in [0.1, 0.15) is 0 Å². The lowest BCUT2D eigenvalue weighted by Gasteiger charge is -2.03. The van der Waals surface area contributed by atoms with E-state index >= 15 is 0 Å². The van der Waals surface area contributed by atoms with Crippen LogP contribution < -0.4 is 0 Å². The van der Waals surface area contributed by atoms with E-state index in [4.69, 9.17) is 25.5 Å². The van der Waals surface area contributed by atoms with Crippen molar-refractivity contribution in [3.63, 3.8) is 0 Å². The highest BCUT2D eigenvalue weighted by molar-refractivity contribution is 7.99. The van der Waals surface area contributed by atoms with E-state index in [0.29, 0.717) is 23.2 Å². The normalized spacial score (nSPS) is 11.0. The molecule has 5 aromatic rings. The van der Waals surface area contributed by atoms with Crippen LogP contribution in [0.1, 0.15) is 11.3 Å². The summed E-state index contributed by atoms with van der Waals surface area (Å²) in [5.41, 5.74) is 3.80. The maximum absolute atomic E-state index is 6.18. The summed E-state index contributed by atoms with van der Waals surface area (Å²) in [6.07, 6.45) is 2.03. The summed E-state index contributed by atoms with van der Waals surface area (Å²) in [6, 6.07) is 25.6. The second-order valence-corrected chi connectivity index (χ2v) is 8.28. The first-order valence-corrected chi connectivity index (χ1v) is 10.8. The Morgan fingerprint density at radius 2 is 1.55 bits per heavy atom. The molecule has 0 bridgehead atoms. The molecule has 2 heterocycles. The van der Waals surface area contributed by atoms with Gasteiger partial charge in [0, 0.05) is 27.5 Å². The molecule has 0 aliphatic rings. The van der Waals surface area contributed by atoms with Crippen LogP contribution in [0.3, 0.4) is 0 Å². The number of aromatic nitrogens is 3. The molecule has 0 aliphatic heterocycles. The number of oxazole rings is 1. The Morgan fingerprint density at radius 1 is 0.806 bits per heavy atom. The summed E-state index contributed by atoms with van der Waals surface area (Å²) >= 11 is 7.56. The first-order valence-electron chi connectivity index (χ1n) is 9.59. The van der Waals surface area contributed by atoms with E-state index in [0.717, 1.165) is 32.4 Å². The van der Waals surface area contributed by atoms with Gasteiger partial charge in [0.2, 0.25) is 5.89 Å². The van der Waals surface area contributed by atoms with E-state index in [1.165, 1.54) is 18.1 Å². The third kappa shape index (κ3) is 4.55. The molecule has 31 heavy (non-hydrogen) atoms. The van der Waals surface area contributed by atoms with Crippen molar-refractivity contribution < 1.29 is 8.94 Å². The molecule has 3 aromatic carbocycles. The Balaban J connectivity index is 1.45. The molecule has 5 nitrogen and oxygen atoms in total. The van der Waals surface area contributed by atoms with Crippen molar-refractivity contribution in [3.8, 4) is 22.9 Å². The van der Waals surface area contributed by atoms with Crippen LogP contribution in [0.2, 0.25) is 5.02 Å². The minimum atomic E-state index is 0.498. The van der Waals surface area contributed by atoms with Gasteiger partial charge < -0.3 is 8.94 Å². The van der Waals surface area contributed by atoms with Crippen molar-refractivity contribution in [3.05, 3.63) is 101 Å². The largest absolute Gasteiger partial charge is 0.429 e. The third-order valence-electron chi connectivity index (χ3n) is 4.64. The molecule has 7 heteroatoms. The van der Waals surface area contributed by atoms with Crippen LogP contribution in [0, 0.1) is 0 Å². The van der Waals surface area contributed by atoms with E-state index < -0.39 is 0 Å². The van der Waals surface area contributed by atoms with Crippen LogP contribution in [0.4, 0.5) is 0 Å². The number of benzene rings is 3. The fourth-order valence-electron chi connectivity index (χ4n) is 3.10. The number of halogens is 1. The van der Waals surface area contributed by atoms with Crippen LogP contribution in [0.5, 0.6) is 0 Å². The molecule has 0 fully saturated rings.